The first-order valence-electron chi connectivity index (χ1n) is 6.62. The van der Waals surface area contributed by atoms with Crippen LogP contribution >= 0.6 is 11.6 Å². The quantitative estimate of drug-likeness (QED) is 0.875. The average Bonchev–Trinajstić information content (AvgIpc) is 2.88. The largest absolute Gasteiger partial charge is 0.486 e. The van der Waals surface area contributed by atoms with Crippen LogP contribution in [0.15, 0.2) is 6.07 Å². The third kappa shape index (κ3) is 2.21. The van der Waals surface area contributed by atoms with Gasteiger partial charge in [-0.2, -0.15) is 0 Å². The lowest BCUT2D eigenvalue weighted by atomic mass is 9.95. The van der Waals surface area contributed by atoms with Crippen LogP contribution in [0.1, 0.15) is 23.6 Å². The van der Waals surface area contributed by atoms with Gasteiger partial charge in [0.2, 0.25) is 0 Å². The molecule has 0 aliphatic carbocycles. The standard InChI is InChI=1S/C14H16ClNO4/c1-7-12(10-4-8(6-16-10)14(17)18)9(15)5-11-13(7)20-3-2-19-11/h5,8,10,16H,2-4,6H2,1H3,(H,17,18). The number of hydrogen-bond acceptors (Lipinski definition) is 4. The van der Waals surface area contributed by atoms with E-state index in [9.17, 15) is 4.79 Å². The predicted octanol–water partition coefficient (Wildman–Crippen LogP) is 2.15. The van der Waals surface area contributed by atoms with Crippen LogP contribution in [0.2, 0.25) is 5.02 Å². The van der Waals surface area contributed by atoms with Crippen molar-refractivity contribution in [1.82, 2.24) is 5.32 Å². The molecule has 2 aliphatic rings. The molecule has 0 radical (unpaired) electrons. The fourth-order valence-electron chi connectivity index (χ4n) is 2.90. The zero-order valence-electron chi connectivity index (χ0n) is 11.1. The van der Waals surface area contributed by atoms with Crippen LogP contribution in [0.4, 0.5) is 0 Å². The van der Waals surface area contributed by atoms with Crippen molar-refractivity contribution in [2.45, 2.75) is 19.4 Å². The molecule has 2 heterocycles. The molecule has 20 heavy (non-hydrogen) atoms. The van der Waals surface area contributed by atoms with E-state index in [0.29, 0.717) is 37.0 Å². The lowest BCUT2D eigenvalue weighted by molar-refractivity contribution is -0.141. The Balaban J connectivity index is 1.96. The monoisotopic (exact) mass is 297 g/mol. The van der Waals surface area contributed by atoms with Crippen molar-refractivity contribution in [2.24, 2.45) is 5.92 Å². The predicted molar refractivity (Wildman–Crippen MR) is 73.7 cm³/mol. The fraction of sp³-hybridized carbons (Fsp3) is 0.500. The number of aliphatic carboxylic acids is 1. The van der Waals surface area contributed by atoms with E-state index in [1.807, 2.05) is 6.92 Å². The smallest absolute Gasteiger partial charge is 0.307 e. The summed E-state index contributed by atoms with van der Waals surface area (Å²) in [5.74, 6) is 0.237. The van der Waals surface area contributed by atoms with Gasteiger partial charge in [0.1, 0.15) is 13.2 Å². The van der Waals surface area contributed by atoms with Crippen LogP contribution in [-0.2, 0) is 4.79 Å². The zero-order chi connectivity index (χ0) is 14.3. The summed E-state index contributed by atoms with van der Waals surface area (Å²) in [6, 6.07) is 1.70. The van der Waals surface area contributed by atoms with Crippen molar-refractivity contribution in [3.63, 3.8) is 0 Å². The second-order valence-corrected chi connectivity index (χ2v) is 5.56. The molecule has 0 aromatic heterocycles. The van der Waals surface area contributed by atoms with Gasteiger partial charge in [-0.15, -0.1) is 0 Å². The van der Waals surface area contributed by atoms with E-state index in [4.69, 9.17) is 26.2 Å². The normalized spacial score (nSPS) is 24.7. The first-order chi connectivity index (χ1) is 9.58. The van der Waals surface area contributed by atoms with Gasteiger partial charge in [0.05, 0.1) is 5.92 Å². The first kappa shape index (κ1) is 13.5. The van der Waals surface area contributed by atoms with Crippen LogP contribution in [-0.4, -0.2) is 30.8 Å². The van der Waals surface area contributed by atoms with E-state index in [-0.39, 0.29) is 12.0 Å². The third-order valence-corrected chi connectivity index (χ3v) is 4.21. The number of nitrogens with one attached hydrogen (secondary N) is 1. The fourth-order valence-corrected chi connectivity index (χ4v) is 3.27. The Morgan fingerprint density at radius 1 is 1.45 bits per heavy atom. The van der Waals surface area contributed by atoms with Crippen LogP contribution in [0.25, 0.3) is 0 Å². The Bertz CT molecular complexity index is 561. The highest BCUT2D eigenvalue weighted by Gasteiger charge is 2.33. The van der Waals surface area contributed by atoms with Crippen molar-refractivity contribution in [2.75, 3.05) is 19.8 Å². The van der Waals surface area contributed by atoms with Gasteiger partial charge in [-0.05, 0) is 18.9 Å². The van der Waals surface area contributed by atoms with Crippen molar-refractivity contribution >= 4 is 17.6 Å². The molecule has 0 spiro atoms. The van der Waals surface area contributed by atoms with Gasteiger partial charge < -0.3 is 19.9 Å². The van der Waals surface area contributed by atoms with Gasteiger partial charge in [0.15, 0.2) is 11.5 Å². The van der Waals surface area contributed by atoms with Gasteiger partial charge in [0.25, 0.3) is 0 Å². The summed E-state index contributed by atoms with van der Waals surface area (Å²) in [5.41, 5.74) is 1.84. The number of carboxylic acid groups (broad SMARTS) is 1. The summed E-state index contributed by atoms with van der Waals surface area (Å²) in [6.45, 7) is 3.43. The van der Waals surface area contributed by atoms with Gasteiger partial charge in [-0.1, -0.05) is 11.6 Å². The molecule has 1 aromatic rings. The summed E-state index contributed by atoms with van der Waals surface area (Å²) < 4.78 is 11.2. The number of fused-ring (bicyclic) bond motifs is 1. The molecular weight excluding hydrogens is 282 g/mol. The maximum Gasteiger partial charge on any atom is 0.307 e. The molecule has 5 nitrogen and oxygen atoms in total. The molecule has 1 fully saturated rings. The molecule has 0 amide bonds. The van der Waals surface area contributed by atoms with Gasteiger partial charge in [-0.25, -0.2) is 0 Å². The summed E-state index contributed by atoms with van der Waals surface area (Å²) in [4.78, 5) is 11.1. The topological polar surface area (TPSA) is 67.8 Å². The SMILES string of the molecule is Cc1c2c(cc(Cl)c1C1CC(C(=O)O)CN1)OCCO2. The van der Waals surface area contributed by atoms with Gasteiger partial charge in [-0.3, -0.25) is 4.79 Å². The van der Waals surface area contributed by atoms with Crippen LogP contribution in [0, 0.1) is 12.8 Å². The number of halogens is 1. The first-order valence-corrected chi connectivity index (χ1v) is 7.00. The molecule has 2 aliphatic heterocycles. The lowest BCUT2D eigenvalue weighted by Crippen LogP contribution is -2.20. The summed E-state index contributed by atoms with van der Waals surface area (Å²) in [7, 11) is 0. The Morgan fingerprint density at radius 2 is 2.20 bits per heavy atom. The highest BCUT2D eigenvalue weighted by molar-refractivity contribution is 6.31. The van der Waals surface area contributed by atoms with Crippen molar-refractivity contribution in [3.05, 3.63) is 22.2 Å². The molecule has 0 bridgehead atoms. The van der Waals surface area contributed by atoms with Gasteiger partial charge in [0, 0.05) is 29.2 Å². The molecule has 3 rings (SSSR count). The number of carboxylic acids is 1. The van der Waals surface area contributed by atoms with Crippen molar-refractivity contribution in [1.29, 1.82) is 0 Å². The van der Waals surface area contributed by atoms with Crippen molar-refractivity contribution < 1.29 is 19.4 Å². The molecule has 2 N–H and O–H groups in total. The molecule has 1 aromatic carbocycles. The average molecular weight is 298 g/mol. The highest BCUT2D eigenvalue weighted by Crippen LogP contribution is 2.44. The highest BCUT2D eigenvalue weighted by atomic mass is 35.5. The number of benzene rings is 1. The molecule has 108 valence electrons. The molecule has 1 saturated heterocycles. The van der Waals surface area contributed by atoms with Crippen molar-refractivity contribution in [3.8, 4) is 11.5 Å². The van der Waals surface area contributed by atoms with Crippen LogP contribution in [0.3, 0.4) is 0 Å². The second kappa shape index (κ2) is 5.14. The van der Waals surface area contributed by atoms with Crippen LogP contribution < -0.4 is 14.8 Å². The number of carbonyl (C=O) groups is 1. The number of ether oxygens (including phenoxy) is 2. The molecule has 6 heteroatoms. The Kier molecular flexibility index (Phi) is 3.48. The Morgan fingerprint density at radius 3 is 2.90 bits per heavy atom. The Hall–Kier alpha value is -1.46. The minimum Gasteiger partial charge on any atom is -0.486 e. The number of rotatable bonds is 2. The minimum absolute atomic E-state index is 0.0561. The van der Waals surface area contributed by atoms with E-state index in [1.54, 1.807) is 6.07 Å². The maximum absolute atomic E-state index is 11.1. The van der Waals surface area contributed by atoms with E-state index in [0.717, 1.165) is 16.9 Å². The molecule has 2 unspecified atom stereocenters. The zero-order valence-corrected chi connectivity index (χ0v) is 11.9. The molecule has 2 atom stereocenters. The molecule has 0 saturated carbocycles. The summed E-state index contributed by atoms with van der Waals surface area (Å²) in [5, 5.41) is 12.9. The third-order valence-electron chi connectivity index (χ3n) is 3.90. The Labute approximate surface area is 121 Å². The van der Waals surface area contributed by atoms with E-state index >= 15 is 0 Å². The summed E-state index contributed by atoms with van der Waals surface area (Å²) >= 11 is 6.35. The second-order valence-electron chi connectivity index (χ2n) is 5.15. The minimum atomic E-state index is -0.772. The van der Waals surface area contributed by atoms with E-state index in [1.165, 1.54) is 0 Å². The van der Waals surface area contributed by atoms with E-state index in [2.05, 4.69) is 5.32 Å². The lowest BCUT2D eigenvalue weighted by Gasteiger charge is -2.24. The summed E-state index contributed by atoms with van der Waals surface area (Å²) in [6.07, 6.45) is 0.537. The van der Waals surface area contributed by atoms with E-state index < -0.39 is 5.97 Å². The molecular formula is C14H16ClNO4. The van der Waals surface area contributed by atoms with Gasteiger partial charge >= 0.3 is 5.97 Å². The van der Waals surface area contributed by atoms with Crippen LogP contribution in [0.5, 0.6) is 11.5 Å². The maximum atomic E-state index is 11.1. The number of hydrogen-bond donors (Lipinski definition) is 2.